The van der Waals surface area contributed by atoms with Crippen molar-refractivity contribution in [2.75, 3.05) is 13.1 Å². The predicted octanol–water partition coefficient (Wildman–Crippen LogP) is 3.68. The molecule has 0 amide bonds. The number of nitrogens with zero attached hydrogens (tertiary/aromatic N) is 1. The van der Waals surface area contributed by atoms with Crippen LogP contribution in [0, 0.1) is 17.7 Å². The number of hydrogen-bond acceptors (Lipinski definition) is 1. The Morgan fingerprint density at radius 3 is 2.75 bits per heavy atom. The molecule has 1 heterocycles. The molecule has 1 aromatic rings. The van der Waals surface area contributed by atoms with Gasteiger partial charge in [0, 0.05) is 29.7 Å². The van der Waals surface area contributed by atoms with E-state index in [0.29, 0.717) is 0 Å². The van der Waals surface area contributed by atoms with E-state index >= 15 is 0 Å². The van der Waals surface area contributed by atoms with Gasteiger partial charge in [0.1, 0.15) is 5.82 Å². The average Bonchev–Trinajstić information content (AvgIpc) is 2.15. The molecule has 0 saturated carbocycles. The van der Waals surface area contributed by atoms with Gasteiger partial charge in [-0.25, -0.2) is 4.39 Å². The number of rotatable bonds is 3. The van der Waals surface area contributed by atoms with Gasteiger partial charge in [0.15, 0.2) is 0 Å². The highest BCUT2D eigenvalue weighted by molar-refractivity contribution is 9.10. The van der Waals surface area contributed by atoms with E-state index in [1.165, 1.54) is 6.07 Å². The van der Waals surface area contributed by atoms with E-state index in [4.69, 9.17) is 0 Å². The summed E-state index contributed by atoms with van der Waals surface area (Å²) in [5.41, 5.74) is 0.789. The molecule has 0 unspecified atom stereocenters. The van der Waals surface area contributed by atoms with Gasteiger partial charge in [-0.05, 0) is 30.0 Å². The minimum Gasteiger partial charge on any atom is -0.298 e. The van der Waals surface area contributed by atoms with Crippen LogP contribution in [-0.4, -0.2) is 18.0 Å². The molecule has 1 aliphatic rings. The van der Waals surface area contributed by atoms with Crippen molar-refractivity contribution in [2.45, 2.75) is 20.4 Å². The van der Waals surface area contributed by atoms with Crippen molar-refractivity contribution in [3.8, 4) is 0 Å². The predicted molar refractivity (Wildman–Crippen MR) is 67.7 cm³/mol. The molecule has 2 rings (SSSR count). The largest absolute Gasteiger partial charge is 0.298 e. The Morgan fingerprint density at radius 1 is 1.44 bits per heavy atom. The van der Waals surface area contributed by atoms with Gasteiger partial charge >= 0.3 is 0 Å². The molecule has 88 valence electrons. The van der Waals surface area contributed by atoms with E-state index in [9.17, 15) is 4.39 Å². The molecule has 1 aromatic carbocycles. The molecule has 1 aliphatic heterocycles. The van der Waals surface area contributed by atoms with Crippen molar-refractivity contribution in [2.24, 2.45) is 11.8 Å². The van der Waals surface area contributed by atoms with Crippen LogP contribution in [0.25, 0.3) is 0 Å². The Bertz CT molecular complexity index is 372. The van der Waals surface area contributed by atoms with Gasteiger partial charge in [-0.3, -0.25) is 4.90 Å². The molecule has 16 heavy (non-hydrogen) atoms. The fourth-order valence-corrected chi connectivity index (χ4v) is 2.47. The molecular formula is C13H17BrFN. The first kappa shape index (κ1) is 12.1. The van der Waals surface area contributed by atoms with Crippen LogP contribution < -0.4 is 0 Å². The summed E-state index contributed by atoms with van der Waals surface area (Å²) in [7, 11) is 0. The molecule has 0 radical (unpaired) electrons. The Kier molecular flexibility index (Phi) is 3.65. The van der Waals surface area contributed by atoms with Crippen molar-refractivity contribution in [3.05, 3.63) is 34.1 Å². The molecule has 0 atom stereocenters. The molecule has 0 spiro atoms. The number of hydrogen-bond donors (Lipinski definition) is 0. The summed E-state index contributed by atoms with van der Waals surface area (Å²) < 4.78 is 14.4. The zero-order valence-electron chi connectivity index (χ0n) is 9.71. The maximum absolute atomic E-state index is 13.5. The second-order valence-corrected chi connectivity index (χ2v) is 5.85. The number of benzene rings is 1. The number of likely N-dealkylation sites (tertiary alicyclic amines) is 1. The summed E-state index contributed by atoms with van der Waals surface area (Å²) in [6.45, 7) is 7.44. The van der Waals surface area contributed by atoms with E-state index < -0.39 is 0 Å². The zero-order chi connectivity index (χ0) is 11.7. The summed E-state index contributed by atoms with van der Waals surface area (Å²) in [6.07, 6.45) is 0. The highest BCUT2D eigenvalue weighted by Crippen LogP contribution is 2.26. The van der Waals surface area contributed by atoms with Crippen LogP contribution in [0.2, 0.25) is 0 Å². The van der Waals surface area contributed by atoms with Crippen LogP contribution >= 0.6 is 15.9 Å². The first-order valence-electron chi connectivity index (χ1n) is 5.72. The van der Waals surface area contributed by atoms with Crippen LogP contribution in [0.3, 0.4) is 0 Å². The summed E-state index contributed by atoms with van der Waals surface area (Å²) in [4.78, 5) is 2.30. The second-order valence-electron chi connectivity index (χ2n) is 4.93. The van der Waals surface area contributed by atoms with E-state index in [1.807, 2.05) is 6.07 Å². The standard InChI is InChI=1S/C13H17BrFN/c1-9(2)11-7-16(8-11)6-10-5-12(14)3-4-13(10)15/h3-5,9,11H,6-8H2,1-2H3. The first-order valence-corrected chi connectivity index (χ1v) is 6.52. The van der Waals surface area contributed by atoms with Crippen molar-refractivity contribution >= 4 is 15.9 Å². The van der Waals surface area contributed by atoms with Gasteiger partial charge in [0.2, 0.25) is 0 Å². The summed E-state index contributed by atoms with van der Waals surface area (Å²) in [6, 6.07) is 5.14. The van der Waals surface area contributed by atoms with Crippen LogP contribution in [0.4, 0.5) is 4.39 Å². The lowest BCUT2D eigenvalue weighted by Gasteiger charge is -2.41. The Hall–Kier alpha value is -0.410. The normalized spacial score (nSPS) is 17.8. The lowest BCUT2D eigenvalue weighted by atomic mass is 9.88. The third-order valence-electron chi connectivity index (χ3n) is 3.33. The molecule has 0 N–H and O–H groups in total. The maximum atomic E-state index is 13.5. The van der Waals surface area contributed by atoms with Gasteiger partial charge in [-0.1, -0.05) is 29.8 Å². The monoisotopic (exact) mass is 285 g/mol. The third kappa shape index (κ3) is 2.64. The lowest BCUT2D eigenvalue weighted by molar-refractivity contribution is 0.0604. The molecule has 1 nitrogen and oxygen atoms in total. The van der Waals surface area contributed by atoms with E-state index in [2.05, 4.69) is 34.7 Å². The Morgan fingerprint density at radius 2 is 2.12 bits per heavy atom. The Labute approximate surface area is 105 Å². The molecule has 3 heteroatoms. The van der Waals surface area contributed by atoms with Crippen molar-refractivity contribution in [3.63, 3.8) is 0 Å². The van der Waals surface area contributed by atoms with Gasteiger partial charge in [0.05, 0.1) is 0 Å². The van der Waals surface area contributed by atoms with Gasteiger partial charge in [0.25, 0.3) is 0 Å². The SMILES string of the molecule is CC(C)C1CN(Cc2cc(Br)ccc2F)C1. The van der Waals surface area contributed by atoms with Crippen LogP contribution in [0.1, 0.15) is 19.4 Å². The molecule has 1 fully saturated rings. The van der Waals surface area contributed by atoms with Crippen molar-refractivity contribution in [1.82, 2.24) is 4.90 Å². The van der Waals surface area contributed by atoms with E-state index in [1.54, 1.807) is 6.07 Å². The average molecular weight is 286 g/mol. The van der Waals surface area contributed by atoms with Gasteiger partial charge in [-0.15, -0.1) is 0 Å². The quantitative estimate of drug-likeness (QED) is 0.819. The van der Waals surface area contributed by atoms with Crippen LogP contribution in [0.15, 0.2) is 22.7 Å². The fraction of sp³-hybridized carbons (Fsp3) is 0.538. The minimum absolute atomic E-state index is 0.101. The molecular weight excluding hydrogens is 269 g/mol. The van der Waals surface area contributed by atoms with Crippen LogP contribution in [0.5, 0.6) is 0 Å². The zero-order valence-corrected chi connectivity index (χ0v) is 11.3. The third-order valence-corrected chi connectivity index (χ3v) is 3.82. The highest BCUT2D eigenvalue weighted by atomic mass is 79.9. The van der Waals surface area contributed by atoms with Crippen molar-refractivity contribution < 1.29 is 4.39 Å². The highest BCUT2D eigenvalue weighted by Gasteiger charge is 2.29. The molecule has 0 aromatic heterocycles. The van der Waals surface area contributed by atoms with Crippen LogP contribution in [-0.2, 0) is 6.54 Å². The first-order chi connectivity index (χ1) is 7.56. The molecule has 0 aliphatic carbocycles. The van der Waals surface area contributed by atoms with Gasteiger partial charge in [-0.2, -0.15) is 0 Å². The maximum Gasteiger partial charge on any atom is 0.127 e. The summed E-state index contributed by atoms with van der Waals surface area (Å²) in [5.74, 6) is 1.43. The minimum atomic E-state index is -0.101. The summed E-state index contributed by atoms with van der Waals surface area (Å²) in [5, 5.41) is 0. The topological polar surface area (TPSA) is 3.24 Å². The molecule has 0 bridgehead atoms. The number of halogens is 2. The molecule has 1 saturated heterocycles. The second kappa shape index (κ2) is 4.84. The summed E-state index contributed by atoms with van der Waals surface area (Å²) >= 11 is 3.38. The lowest BCUT2D eigenvalue weighted by Crippen LogP contribution is -2.48. The van der Waals surface area contributed by atoms with Crippen molar-refractivity contribution in [1.29, 1.82) is 0 Å². The fourth-order valence-electron chi connectivity index (χ4n) is 2.07. The van der Waals surface area contributed by atoms with E-state index in [0.717, 1.165) is 41.5 Å². The smallest absolute Gasteiger partial charge is 0.127 e. The Balaban J connectivity index is 1.94. The van der Waals surface area contributed by atoms with E-state index in [-0.39, 0.29) is 5.82 Å². The van der Waals surface area contributed by atoms with Gasteiger partial charge < -0.3 is 0 Å².